The number of fused-ring (bicyclic) bond motifs is 1. The van der Waals surface area contributed by atoms with E-state index in [1.807, 2.05) is 11.3 Å². The quantitative estimate of drug-likeness (QED) is 0.256. The monoisotopic (exact) mass is 456 g/mol. The minimum absolute atomic E-state index is 0.214. The second-order valence-electron chi connectivity index (χ2n) is 9.73. The molecule has 0 amide bonds. The topological polar surface area (TPSA) is 27.7 Å². The van der Waals surface area contributed by atoms with Gasteiger partial charge >= 0.3 is 0 Å². The summed E-state index contributed by atoms with van der Waals surface area (Å²) in [6.07, 6.45) is 0. The van der Waals surface area contributed by atoms with E-state index in [1.54, 1.807) is 7.11 Å². The van der Waals surface area contributed by atoms with Gasteiger partial charge in [0.05, 0.1) is 13.2 Å². The van der Waals surface area contributed by atoms with Crippen LogP contribution in [-0.4, -0.2) is 28.6 Å². The SMILES string of the molecule is COCCOc1ccc(-c2c(C)sc3ccc(CO[Si](C)(C)C(C)(C)C)cc23)c(C)c1. The Morgan fingerprint density at radius 3 is 2.35 bits per heavy atom. The predicted molar refractivity (Wildman–Crippen MR) is 136 cm³/mol. The average Bonchev–Trinajstić information content (AvgIpc) is 3.01. The molecule has 0 atom stereocenters. The van der Waals surface area contributed by atoms with Crippen LogP contribution in [0.15, 0.2) is 36.4 Å². The molecule has 168 valence electrons. The number of aryl methyl sites for hydroxylation is 2. The lowest BCUT2D eigenvalue weighted by Gasteiger charge is -2.36. The molecule has 0 aliphatic heterocycles. The fourth-order valence-corrected chi connectivity index (χ4v) is 5.44. The number of methoxy groups -OCH3 is 1. The minimum Gasteiger partial charge on any atom is -0.491 e. The van der Waals surface area contributed by atoms with E-state index >= 15 is 0 Å². The Morgan fingerprint density at radius 1 is 0.968 bits per heavy atom. The van der Waals surface area contributed by atoms with E-state index in [0.717, 1.165) is 5.75 Å². The molecule has 1 aromatic heterocycles. The molecule has 0 radical (unpaired) electrons. The van der Waals surface area contributed by atoms with Gasteiger partial charge in [0.15, 0.2) is 8.32 Å². The van der Waals surface area contributed by atoms with Crippen molar-refractivity contribution in [2.75, 3.05) is 20.3 Å². The molecule has 0 aliphatic carbocycles. The van der Waals surface area contributed by atoms with Gasteiger partial charge in [-0.05, 0) is 72.9 Å². The van der Waals surface area contributed by atoms with Crippen LogP contribution >= 0.6 is 11.3 Å². The predicted octanol–water partition coefficient (Wildman–Crippen LogP) is 7.73. The van der Waals surface area contributed by atoms with Crippen molar-refractivity contribution in [2.24, 2.45) is 0 Å². The third-order valence-electron chi connectivity index (χ3n) is 6.36. The molecule has 0 N–H and O–H groups in total. The lowest BCUT2D eigenvalue weighted by molar-refractivity contribution is 0.146. The number of ether oxygens (including phenoxy) is 2. The molecular weight excluding hydrogens is 420 g/mol. The number of benzene rings is 2. The van der Waals surface area contributed by atoms with Crippen molar-refractivity contribution in [2.45, 2.75) is 59.4 Å². The zero-order chi connectivity index (χ0) is 22.8. The Bertz CT molecular complexity index is 1050. The van der Waals surface area contributed by atoms with E-state index in [1.165, 1.54) is 37.2 Å². The highest BCUT2D eigenvalue weighted by Crippen LogP contribution is 2.41. The van der Waals surface area contributed by atoms with E-state index in [0.29, 0.717) is 19.8 Å². The van der Waals surface area contributed by atoms with Crippen LogP contribution in [0.4, 0.5) is 0 Å². The van der Waals surface area contributed by atoms with Gasteiger partial charge in [0.25, 0.3) is 0 Å². The molecule has 0 fully saturated rings. The highest BCUT2D eigenvalue weighted by Gasteiger charge is 2.37. The van der Waals surface area contributed by atoms with E-state index in [9.17, 15) is 0 Å². The van der Waals surface area contributed by atoms with Gasteiger partial charge in [-0.25, -0.2) is 0 Å². The average molecular weight is 457 g/mol. The summed E-state index contributed by atoms with van der Waals surface area (Å²) < 4.78 is 18.7. The molecular formula is C26H36O3SSi. The third kappa shape index (κ3) is 5.40. The van der Waals surface area contributed by atoms with Crippen LogP contribution in [-0.2, 0) is 15.8 Å². The molecule has 5 heteroatoms. The van der Waals surface area contributed by atoms with E-state index < -0.39 is 8.32 Å². The molecule has 0 bridgehead atoms. The molecule has 0 spiro atoms. The summed E-state index contributed by atoms with van der Waals surface area (Å²) in [5.41, 5.74) is 5.06. The summed E-state index contributed by atoms with van der Waals surface area (Å²) in [5.74, 6) is 0.888. The molecule has 31 heavy (non-hydrogen) atoms. The maximum absolute atomic E-state index is 6.48. The Kier molecular flexibility index (Phi) is 7.31. The highest BCUT2D eigenvalue weighted by molar-refractivity contribution is 7.19. The molecule has 0 aliphatic rings. The smallest absolute Gasteiger partial charge is 0.192 e. The molecule has 2 aromatic carbocycles. The summed E-state index contributed by atoms with van der Waals surface area (Å²) in [6.45, 7) is 17.7. The van der Waals surface area contributed by atoms with Crippen molar-refractivity contribution in [1.82, 2.24) is 0 Å². The van der Waals surface area contributed by atoms with Gasteiger partial charge < -0.3 is 13.9 Å². The standard InChI is InChI=1S/C26H36O3SSi/c1-18-15-21(28-14-13-27-6)10-11-22(18)25-19(2)30-24-12-9-20(16-23(24)25)17-29-31(7,8)26(3,4)5/h9-12,15-16H,13-14,17H2,1-8H3. The molecule has 0 saturated heterocycles. The fraction of sp³-hybridized carbons (Fsp3) is 0.462. The van der Waals surface area contributed by atoms with Gasteiger partial charge in [-0.3, -0.25) is 0 Å². The Balaban J connectivity index is 1.91. The van der Waals surface area contributed by atoms with Crippen LogP contribution in [0.3, 0.4) is 0 Å². The molecule has 3 nitrogen and oxygen atoms in total. The maximum Gasteiger partial charge on any atom is 0.192 e. The zero-order valence-corrected chi connectivity index (χ0v) is 22.0. The van der Waals surface area contributed by atoms with Gasteiger partial charge in [0.1, 0.15) is 12.4 Å². The number of hydrogen-bond donors (Lipinski definition) is 0. The summed E-state index contributed by atoms with van der Waals surface area (Å²) in [7, 11) is -0.0888. The highest BCUT2D eigenvalue weighted by atomic mass is 32.1. The third-order valence-corrected chi connectivity index (χ3v) is 11.9. The lowest BCUT2D eigenvalue weighted by atomic mass is 9.97. The Hall–Kier alpha value is -1.66. The second-order valence-corrected chi connectivity index (χ2v) is 15.8. The summed E-state index contributed by atoms with van der Waals surface area (Å²) >= 11 is 1.86. The van der Waals surface area contributed by atoms with Crippen LogP contribution in [0, 0.1) is 13.8 Å². The number of thiophene rings is 1. The summed E-state index contributed by atoms with van der Waals surface area (Å²) in [4.78, 5) is 1.34. The first-order chi connectivity index (χ1) is 14.5. The van der Waals surface area contributed by atoms with Gasteiger partial charge in [0, 0.05) is 27.6 Å². The van der Waals surface area contributed by atoms with Crippen molar-refractivity contribution < 1.29 is 13.9 Å². The molecule has 1 heterocycles. The molecule has 0 saturated carbocycles. The van der Waals surface area contributed by atoms with Crippen LogP contribution in [0.1, 0.15) is 36.8 Å². The fourth-order valence-electron chi connectivity index (χ4n) is 3.42. The largest absolute Gasteiger partial charge is 0.491 e. The first kappa shape index (κ1) is 24.0. The van der Waals surface area contributed by atoms with Crippen LogP contribution in [0.2, 0.25) is 18.1 Å². The molecule has 3 aromatic rings. The zero-order valence-electron chi connectivity index (χ0n) is 20.2. The number of rotatable bonds is 8. The van der Waals surface area contributed by atoms with Gasteiger partial charge in [-0.15, -0.1) is 11.3 Å². The van der Waals surface area contributed by atoms with Crippen molar-refractivity contribution in [1.29, 1.82) is 0 Å². The van der Waals surface area contributed by atoms with Crippen LogP contribution < -0.4 is 4.74 Å². The van der Waals surface area contributed by atoms with Crippen molar-refractivity contribution in [3.8, 4) is 16.9 Å². The van der Waals surface area contributed by atoms with E-state index in [-0.39, 0.29) is 5.04 Å². The summed E-state index contributed by atoms with van der Waals surface area (Å²) in [6, 6.07) is 13.2. The van der Waals surface area contributed by atoms with E-state index in [4.69, 9.17) is 13.9 Å². The summed E-state index contributed by atoms with van der Waals surface area (Å²) in [5, 5.41) is 1.53. The maximum atomic E-state index is 6.48. The minimum atomic E-state index is -1.78. The van der Waals surface area contributed by atoms with Gasteiger partial charge in [0.2, 0.25) is 0 Å². The first-order valence-electron chi connectivity index (χ1n) is 10.9. The number of hydrogen-bond acceptors (Lipinski definition) is 4. The molecule has 0 unspecified atom stereocenters. The van der Waals surface area contributed by atoms with Gasteiger partial charge in [-0.1, -0.05) is 32.9 Å². The Labute approximate surface area is 192 Å². The van der Waals surface area contributed by atoms with Gasteiger partial charge in [-0.2, -0.15) is 0 Å². The van der Waals surface area contributed by atoms with Crippen LogP contribution in [0.5, 0.6) is 5.75 Å². The van der Waals surface area contributed by atoms with Crippen molar-refractivity contribution in [3.05, 3.63) is 52.4 Å². The normalized spacial score (nSPS) is 12.5. The Morgan fingerprint density at radius 2 is 1.71 bits per heavy atom. The second kappa shape index (κ2) is 9.45. The molecule has 3 rings (SSSR count). The van der Waals surface area contributed by atoms with Crippen molar-refractivity contribution >= 4 is 29.7 Å². The first-order valence-corrected chi connectivity index (χ1v) is 14.6. The van der Waals surface area contributed by atoms with Crippen molar-refractivity contribution in [3.63, 3.8) is 0 Å². The van der Waals surface area contributed by atoms with Crippen LogP contribution in [0.25, 0.3) is 21.2 Å². The van der Waals surface area contributed by atoms with E-state index in [2.05, 4.69) is 84.1 Å². The lowest BCUT2D eigenvalue weighted by Crippen LogP contribution is -2.40.